The molecule has 0 nitrogen and oxygen atoms in total. The van der Waals surface area contributed by atoms with Gasteiger partial charge in [-0.3, -0.25) is 0 Å². The van der Waals surface area contributed by atoms with Crippen LogP contribution in [0.3, 0.4) is 0 Å². The number of aryl methyl sites for hydroxylation is 2. The van der Waals surface area contributed by atoms with Gasteiger partial charge in [0.1, 0.15) is 11.6 Å². The minimum absolute atomic E-state index is 0.0436. The molecule has 3 aromatic carbocycles. The van der Waals surface area contributed by atoms with Crippen molar-refractivity contribution in [2.24, 2.45) is 0 Å². The molecule has 25 heavy (non-hydrogen) atoms. The summed E-state index contributed by atoms with van der Waals surface area (Å²) < 4.78 is 28.6. The van der Waals surface area contributed by atoms with Crippen LogP contribution < -0.4 is 0 Å². The van der Waals surface area contributed by atoms with Gasteiger partial charge >= 0.3 is 0 Å². The second-order valence-electron chi connectivity index (χ2n) is 6.31. The lowest BCUT2D eigenvalue weighted by Crippen LogP contribution is -1.94. The lowest BCUT2D eigenvalue weighted by molar-refractivity contribution is 0.586. The van der Waals surface area contributed by atoms with Crippen LogP contribution in [0, 0.1) is 11.6 Å². The zero-order valence-electron chi connectivity index (χ0n) is 14.7. The highest BCUT2D eigenvalue weighted by Gasteiger charge is 2.13. The van der Waals surface area contributed by atoms with Crippen molar-refractivity contribution >= 4 is 0 Å². The van der Waals surface area contributed by atoms with E-state index in [-0.39, 0.29) is 5.56 Å². The number of hydrogen-bond acceptors (Lipinski definition) is 0. The predicted molar refractivity (Wildman–Crippen MR) is 101 cm³/mol. The molecule has 0 N–H and O–H groups in total. The van der Waals surface area contributed by atoms with Gasteiger partial charge in [-0.1, -0.05) is 68.8 Å². The van der Waals surface area contributed by atoms with Crippen molar-refractivity contribution in [2.75, 3.05) is 0 Å². The molecule has 0 aliphatic rings. The fourth-order valence-electron chi connectivity index (χ4n) is 3.09. The molecule has 0 radical (unpaired) electrons. The number of rotatable bonds is 5. The molecule has 0 unspecified atom stereocenters. The highest BCUT2D eigenvalue weighted by molar-refractivity contribution is 5.71. The Morgan fingerprint density at radius 2 is 1.12 bits per heavy atom. The minimum Gasteiger partial charge on any atom is -0.206 e. The van der Waals surface area contributed by atoms with E-state index < -0.39 is 11.6 Å². The Morgan fingerprint density at radius 3 is 1.60 bits per heavy atom. The highest BCUT2D eigenvalue weighted by Crippen LogP contribution is 2.30. The van der Waals surface area contributed by atoms with Gasteiger partial charge in [-0.25, -0.2) is 8.78 Å². The van der Waals surface area contributed by atoms with Crippen molar-refractivity contribution in [1.82, 2.24) is 0 Å². The zero-order chi connectivity index (χ0) is 17.8. The Balaban J connectivity index is 1.90. The van der Waals surface area contributed by atoms with E-state index in [0.717, 1.165) is 24.0 Å². The Labute approximate surface area is 148 Å². The van der Waals surface area contributed by atoms with Crippen molar-refractivity contribution in [3.05, 3.63) is 83.4 Å². The highest BCUT2D eigenvalue weighted by atomic mass is 19.1. The lowest BCUT2D eigenvalue weighted by atomic mass is 9.97. The smallest absolute Gasteiger partial charge is 0.134 e. The summed E-state index contributed by atoms with van der Waals surface area (Å²) in [7, 11) is 0. The minimum atomic E-state index is -0.506. The molecular formula is C23H22F2. The second-order valence-corrected chi connectivity index (χ2v) is 6.31. The third-order valence-electron chi connectivity index (χ3n) is 4.51. The van der Waals surface area contributed by atoms with Gasteiger partial charge < -0.3 is 0 Å². The van der Waals surface area contributed by atoms with Gasteiger partial charge in [-0.15, -0.1) is 0 Å². The van der Waals surface area contributed by atoms with Crippen LogP contribution >= 0.6 is 0 Å². The summed E-state index contributed by atoms with van der Waals surface area (Å²) in [6.45, 7) is 4.05. The maximum Gasteiger partial charge on any atom is 0.134 e. The van der Waals surface area contributed by atoms with Crippen molar-refractivity contribution in [2.45, 2.75) is 33.1 Å². The Morgan fingerprint density at radius 1 is 0.640 bits per heavy atom. The van der Waals surface area contributed by atoms with Gasteiger partial charge in [0, 0.05) is 0 Å². The molecular weight excluding hydrogens is 314 g/mol. The fourth-order valence-corrected chi connectivity index (χ4v) is 3.09. The number of benzene rings is 3. The SMILES string of the molecule is CCCc1ccc(-c2ccc(-c3c(F)cc(CC)cc3F)cc2)cc1. The maximum atomic E-state index is 14.3. The van der Waals surface area contributed by atoms with Crippen LogP contribution in [0.25, 0.3) is 22.3 Å². The van der Waals surface area contributed by atoms with E-state index >= 15 is 0 Å². The summed E-state index contributed by atoms with van der Waals surface area (Å²) >= 11 is 0. The van der Waals surface area contributed by atoms with Gasteiger partial charge in [-0.05, 0) is 52.8 Å². The second kappa shape index (κ2) is 7.60. The van der Waals surface area contributed by atoms with Gasteiger partial charge in [0.25, 0.3) is 0 Å². The molecule has 0 heterocycles. The van der Waals surface area contributed by atoms with Crippen LogP contribution in [0.1, 0.15) is 31.4 Å². The van der Waals surface area contributed by atoms with Crippen LogP contribution in [-0.2, 0) is 12.8 Å². The summed E-state index contributed by atoms with van der Waals surface area (Å²) in [5.74, 6) is -1.01. The predicted octanol–water partition coefficient (Wildman–Crippen LogP) is 6.81. The van der Waals surface area contributed by atoms with Crippen molar-refractivity contribution in [1.29, 1.82) is 0 Å². The molecule has 0 fully saturated rings. The Kier molecular flexibility index (Phi) is 5.28. The maximum absolute atomic E-state index is 14.3. The monoisotopic (exact) mass is 336 g/mol. The topological polar surface area (TPSA) is 0 Å². The molecule has 3 rings (SSSR count). The molecule has 0 saturated carbocycles. The molecule has 2 heteroatoms. The first kappa shape index (κ1) is 17.3. The molecule has 0 saturated heterocycles. The summed E-state index contributed by atoms with van der Waals surface area (Å²) in [6.07, 6.45) is 2.81. The standard InChI is InChI=1S/C23H22F2/c1-3-5-17-6-8-18(9-7-17)19-10-12-20(13-11-19)23-21(24)14-16(4-2)15-22(23)25/h6-15H,3-5H2,1-2H3. The van der Waals surface area contributed by atoms with E-state index in [1.807, 2.05) is 19.1 Å². The quantitative estimate of drug-likeness (QED) is 0.480. The summed E-state index contributed by atoms with van der Waals surface area (Å²) in [4.78, 5) is 0. The van der Waals surface area contributed by atoms with Crippen molar-refractivity contribution < 1.29 is 8.78 Å². The molecule has 0 aromatic heterocycles. The van der Waals surface area contributed by atoms with Crippen LogP contribution in [0.15, 0.2) is 60.7 Å². The average molecular weight is 336 g/mol. The van der Waals surface area contributed by atoms with E-state index in [4.69, 9.17) is 0 Å². The van der Waals surface area contributed by atoms with Crippen LogP contribution in [-0.4, -0.2) is 0 Å². The van der Waals surface area contributed by atoms with Gasteiger partial charge in [-0.2, -0.15) is 0 Å². The Bertz CT molecular complexity index is 823. The zero-order valence-corrected chi connectivity index (χ0v) is 14.7. The van der Waals surface area contributed by atoms with E-state index in [1.165, 1.54) is 17.7 Å². The molecule has 128 valence electrons. The van der Waals surface area contributed by atoms with E-state index in [0.29, 0.717) is 17.5 Å². The first-order valence-electron chi connectivity index (χ1n) is 8.80. The van der Waals surface area contributed by atoms with Crippen LogP contribution in [0.4, 0.5) is 8.78 Å². The first-order valence-corrected chi connectivity index (χ1v) is 8.80. The van der Waals surface area contributed by atoms with Crippen LogP contribution in [0.5, 0.6) is 0 Å². The number of hydrogen-bond donors (Lipinski definition) is 0. The molecule has 3 aromatic rings. The summed E-state index contributed by atoms with van der Waals surface area (Å²) in [6, 6.07) is 18.7. The summed E-state index contributed by atoms with van der Waals surface area (Å²) in [5.41, 5.74) is 4.74. The Hall–Kier alpha value is -2.48. The van der Waals surface area contributed by atoms with Gasteiger partial charge in [0.15, 0.2) is 0 Å². The van der Waals surface area contributed by atoms with Gasteiger partial charge in [0.05, 0.1) is 5.56 Å². The average Bonchev–Trinajstić information content (AvgIpc) is 2.62. The lowest BCUT2D eigenvalue weighted by Gasteiger charge is -2.09. The van der Waals surface area contributed by atoms with Gasteiger partial charge in [0.2, 0.25) is 0 Å². The first-order chi connectivity index (χ1) is 12.1. The fraction of sp³-hybridized carbons (Fsp3) is 0.217. The van der Waals surface area contributed by atoms with E-state index in [9.17, 15) is 8.78 Å². The third kappa shape index (κ3) is 3.79. The molecule has 0 amide bonds. The third-order valence-corrected chi connectivity index (χ3v) is 4.51. The normalized spacial score (nSPS) is 10.9. The molecule has 0 spiro atoms. The molecule has 0 aliphatic carbocycles. The van der Waals surface area contributed by atoms with Crippen LogP contribution in [0.2, 0.25) is 0 Å². The van der Waals surface area contributed by atoms with E-state index in [2.05, 4.69) is 31.2 Å². The van der Waals surface area contributed by atoms with E-state index in [1.54, 1.807) is 12.1 Å². The summed E-state index contributed by atoms with van der Waals surface area (Å²) in [5, 5.41) is 0. The molecule has 0 bridgehead atoms. The van der Waals surface area contributed by atoms with Crippen molar-refractivity contribution in [3.8, 4) is 22.3 Å². The molecule has 0 atom stereocenters. The largest absolute Gasteiger partial charge is 0.206 e. The number of halogens is 2. The van der Waals surface area contributed by atoms with Crippen molar-refractivity contribution in [3.63, 3.8) is 0 Å². The molecule has 0 aliphatic heterocycles.